The number of benzene rings is 3. The van der Waals surface area contributed by atoms with E-state index in [0.29, 0.717) is 0 Å². The van der Waals surface area contributed by atoms with Crippen molar-refractivity contribution in [3.05, 3.63) is 91.0 Å². The molecule has 5 nitrogen and oxygen atoms in total. The minimum Gasteiger partial charge on any atom is -0.231 e. The summed E-state index contributed by atoms with van der Waals surface area (Å²) >= 11 is 26.3. The molecular weight excluding hydrogens is 576 g/mol. The summed E-state index contributed by atoms with van der Waals surface area (Å²) < 4.78 is 21.6. The highest BCUT2D eigenvalue weighted by Crippen LogP contribution is 2.88. The summed E-state index contributed by atoms with van der Waals surface area (Å²) in [4.78, 5) is 0. The minimum absolute atomic E-state index is 0.782. The molecule has 2 heterocycles. The Kier molecular flexibility index (Phi) is 6.87. The Morgan fingerprint density at radius 3 is 1.36 bits per heavy atom. The highest BCUT2D eigenvalue weighted by molar-refractivity contribution is 8.21. The van der Waals surface area contributed by atoms with Crippen molar-refractivity contribution in [3.8, 4) is 0 Å². The van der Waals surface area contributed by atoms with E-state index < -0.39 is 26.4 Å². The monoisotopic (exact) mass is 593 g/mol. The predicted molar refractivity (Wildman–Crippen MR) is 151 cm³/mol. The van der Waals surface area contributed by atoms with E-state index in [1.165, 1.54) is 0 Å². The average molecular weight is 595 g/mol. The molecule has 0 spiro atoms. The topological polar surface area (TPSA) is 52.4 Å². The first-order valence-corrected chi connectivity index (χ1v) is 20.4. The molecule has 2 aliphatic heterocycles. The van der Waals surface area contributed by atoms with Gasteiger partial charge in [0, 0.05) is 29.0 Å². The van der Waals surface area contributed by atoms with Gasteiger partial charge in [0.25, 0.3) is 19.3 Å². The first-order valence-electron chi connectivity index (χ1n) is 10.0. The molecule has 1 unspecified atom stereocenters. The first-order chi connectivity index (χ1) is 15.7. The third kappa shape index (κ3) is 5.01. The third-order valence-corrected chi connectivity index (χ3v) is 21.7. The number of hydrogen-bond acceptors (Lipinski definition) is 5. The van der Waals surface area contributed by atoms with E-state index in [9.17, 15) is 0 Å². The largest absolute Gasteiger partial charge is 0.264 e. The molecule has 13 heteroatoms. The van der Waals surface area contributed by atoms with Gasteiger partial charge in [-0.3, -0.25) is 0 Å². The normalized spacial score (nSPS) is 23.5. The Morgan fingerprint density at radius 2 is 1.00 bits per heavy atom. The molecule has 172 valence electrons. The van der Waals surface area contributed by atoms with Gasteiger partial charge in [0.2, 0.25) is 0 Å². The Balaban J connectivity index is 1.99. The van der Waals surface area contributed by atoms with E-state index in [2.05, 4.69) is 45.6 Å². The summed E-state index contributed by atoms with van der Waals surface area (Å²) in [6.07, 6.45) is 0. The van der Waals surface area contributed by atoms with Crippen molar-refractivity contribution in [3.63, 3.8) is 0 Å². The Labute approximate surface area is 213 Å². The fourth-order valence-corrected chi connectivity index (χ4v) is 24.8. The number of rotatable bonds is 5. The molecule has 1 fully saturated rings. The molecule has 3 aromatic rings. The molecule has 0 saturated carbocycles. The van der Waals surface area contributed by atoms with Gasteiger partial charge in [0.15, 0.2) is 0 Å². The molecule has 2 aliphatic rings. The fraction of sp³-hybridized carbons (Fsp3) is 0.100. The molecule has 0 aromatic heterocycles. The van der Waals surface area contributed by atoms with Gasteiger partial charge in [-0.05, 0) is 45.0 Å². The van der Waals surface area contributed by atoms with Gasteiger partial charge < -0.3 is 0 Å². The van der Waals surface area contributed by atoms with Gasteiger partial charge in [-0.2, -0.15) is 13.5 Å². The molecule has 1 atom stereocenters. The van der Waals surface area contributed by atoms with Gasteiger partial charge >= 0.3 is 0 Å². The second kappa shape index (κ2) is 9.29. The quantitative estimate of drug-likeness (QED) is 0.214. The number of hydrogen-bond donors (Lipinski definition) is 0. The molecule has 33 heavy (non-hydrogen) atoms. The standard InChI is InChI=1S/C20H19Cl4N5P4/c21-31(22)26-32(23,24)28-33(27-31,29-16-17-29)25-30(18-10-4-1-5-11-18,19-12-6-2-7-13-19)20-14-8-3-9-15-20/h1-15H,16-17H2. The molecule has 0 N–H and O–H groups in total. The van der Waals surface area contributed by atoms with Gasteiger partial charge in [-0.1, -0.05) is 91.0 Å². The summed E-state index contributed by atoms with van der Waals surface area (Å²) in [7, 11) is -5.59. The summed E-state index contributed by atoms with van der Waals surface area (Å²) in [6.45, 7) is 1.56. The molecule has 5 rings (SSSR count). The van der Waals surface area contributed by atoms with Crippen LogP contribution in [-0.2, 0) is 0 Å². The predicted octanol–water partition coefficient (Wildman–Crippen LogP) is 9.29. The molecule has 0 aliphatic carbocycles. The SMILES string of the molecule is ClP1(Cl)=NP(Cl)(Cl)=NP(N=P(c2ccccc2)(c2ccccc2)c2ccccc2)(N2CC2)=N1. The molecular formula is C20H19Cl4N5P4. The molecule has 3 aromatic carbocycles. The number of halogens is 4. The second-order valence-corrected chi connectivity index (χ2v) is 23.2. The van der Waals surface area contributed by atoms with Crippen LogP contribution in [0.1, 0.15) is 0 Å². The fourth-order valence-electron chi connectivity index (χ4n) is 3.70. The smallest absolute Gasteiger partial charge is 0.231 e. The number of nitrogens with zero attached hydrogens (tertiary/aromatic N) is 5. The van der Waals surface area contributed by atoms with Gasteiger partial charge in [-0.15, -0.1) is 0 Å². The van der Waals surface area contributed by atoms with Crippen LogP contribution in [-0.4, -0.2) is 17.8 Å². The van der Waals surface area contributed by atoms with Crippen LogP contribution in [0.4, 0.5) is 0 Å². The maximum Gasteiger partial charge on any atom is 0.264 e. The maximum absolute atomic E-state index is 6.58. The van der Waals surface area contributed by atoms with Crippen LogP contribution in [0.2, 0.25) is 0 Å². The zero-order valence-electron chi connectivity index (χ0n) is 17.1. The molecule has 1 saturated heterocycles. The second-order valence-electron chi connectivity index (χ2n) is 7.40. The summed E-state index contributed by atoms with van der Waals surface area (Å²) in [5, 5.41) is 3.24. The Morgan fingerprint density at radius 1 is 0.606 bits per heavy atom. The lowest BCUT2D eigenvalue weighted by Gasteiger charge is -2.32. The lowest BCUT2D eigenvalue weighted by Crippen LogP contribution is -2.25. The molecule has 0 radical (unpaired) electrons. The summed E-state index contributed by atoms with van der Waals surface area (Å²) in [6, 6.07) is 30.8. The zero-order chi connectivity index (χ0) is 23.2. The highest BCUT2D eigenvalue weighted by Gasteiger charge is 2.45. The van der Waals surface area contributed by atoms with E-state index in [-0.39, 0.29) is 0 Å². The van der Waals surface area contributed by atoms with Crippen LogP contribution in [0.3, 0.4) is 0 Å². The minimum atomic E-state index is -3.14. The van der Waals surface area contributed by atoms with Crippen LogP contribution >= 0.6 is 71.3 Å². The van der Waals surface area contributed by atoms with Crippen LogP contribution in [0, 0.1) is 0 Å². The van der Waals surface area contributed by atoms with Crippen molar-refractivity contribution in [2.45, 2.75) is 0 Å². The average Bonchev–Trinajstić information content (AvgIpc) is 3.64. The van der Waals surface area contributed by atoms with Gasteiger partial charge in [0.05, 0.1) is 7.05 Å². The highest BCUT2D eigenvalue weighted by atomic mass is 35.9. The van der Waals surface area contributed by atoms with Crippen LogP contribution in [0.25, 0.3) is 0 Å². The van der Waals surface area contributed by atoms with Crippen molar-refractivity contribution < 1.29 is 0 Å². The summed E-state index contributed by atoms with van der Waals surface area (Å²) in [5.74, 6) is -6.27. The van der Waals surface area contributed by atoms with E-state index in [4.69, 9.17) is 58.5 Å². The Hall–Kier alpha value is -0.300. The summed E-state index contributed by atoms with van der Waals surface area (Å²) in [5.41, 5.74) is 0. The van der Waals surface area contributed by atoms with E-state index in [1.54, 1.807) is 0 Å². The zero-order valence-corrected chi connectivity index (χ0v) is 23.7. The van der Waals surface area contributed by atoms with Crippen molar-refractivity contribution in [2.24, 2.45) is 18.1 Å². The molecule has 0 amide bonds. The van der Waals surface area contributed by atoms with Crippen molar-refractivity contribution >= 4 is 87.3 Å². The molecule has 0 bridgehead atoms. The van der Waals surface area contributed by atoms with Crippen LogP contribution in [0.15, 0.2) is 109 Å². The van der Waals surface area contributed by atoms with E-state index >= 15 is 0 Å². The van der Waals surface area contributed by atoms with Crippen molar-refractivity contribution in [1.82, 2.24) is 4.67 Å². The third-order valence-electron chi connectivity index (χ3n) is 5.12. The van der Waals surface area contributed by atoms with Crippen LogP contribution < -0.4 is 15.9 Å². The van der Waals surface area contributed by atoms with Gasteiger partial charge in [-0.25, -0.2) is 9.19 Å². The van der Waals surface area contributed by atoms with E-state index in [0.717, 1.165) is 29.0 Å². The van der Waals surface area contributed by atoms with Gasteiger partial charge in [0.1, 0.15) is 0 Å². The Bertz CT molecular complexity index is 1290. The van der Waals surface area contributed by atoms with Crippen LogP contribution in [0.5, 0.6) is 0 Å². The lowest BCUT2D eigenvalue weighted by molar-refractivity contribution is 0.902. The lowest BCUT2D eigenvalue weighted by atomic mass is 10.4. The van der Waals surface area contributed by atoms with Crippen molar-refractivity contribution in [1.29, 1.82) is 0 Å². The van der Waals surface area contributed by atoms with Crippen molar-refractivity contribution in [2.75, 3.05) is 13.1 Å². The first kappa shape index (κ1) is 24.4. The maximum atomic E-state index is 6.58. The van der Waals surface area contributed by atoms with E-state index in [1.807, 2.05) is 54.6 Å².